The van der Waals surface area contributed by atoms with Crippen LogP contribution in [0.1, 0.15) is 375 Å². The maximum absolute atomic E-state index is 13.0. The van der Waals surface area contributed by atoms with E-state index in [0.29, 0.717) is 31.6 Å². The third-order valence-corrected chi connectivity index (χ3v) is 18.9. The highest BCUT2D eigenvalue weighted by molar-refractivity contribution is 7.47. The SMILES string of the molecule is CCCCCCCCCCCCCCC(=O)OC[C@H](COP(=O)(O)OC[C@@H](O)COP(=O)(O)OC[C@@H](COC(=O)CCCCCCCCC(C)C)OC(=O)CCCCCCCCCCCC)OC(=O)CCCCCCCCCCCCCCCCCCCCC(C)C. The van der Waals surface area contributed by atoms with Crippen LogP contribution in [0.15, 0.2) is 0 Å². The Hall–Kier alpha value is -1.94. The molecular formula is C73H142O17P2. The van der Waals surface area contributed by atoms with E-state index < -0.39 is 97.5 Å². The number of aliphatic hydroxyl groups is 1. The Bertz CT molecular complexity index is 1790. The van der Waals surface area contributed by atoms with Gasteiger partial charge in [0.05, 0.1) is 26.4 Å². The third-order valence-electron chi connectivity index (χ3n) is 17.0. The van der Waals surface area contributed by atoms with Crippen molar-refractivity contribution in [1.29, 1.82) is 0 Å². The van der Waals surface area contributed by atoms with Crippen LogP contribution in [-0.4, -0.2) is 96.7 Å². The van der Waals surface area contributed by atoms with Gasteiger partial charge < -0.3 is 33.8 Å². The summed E-state index contributed by atoms with van der Waals surface area (Å²) in [6.07, 6.45) is 51.5. The van der Waals surface area contributed by atoms with Gasteiger partial charge in [-0.2, -0.15) is 0 Å². The lowest BCUT2D eigenvalue weighted by Gasteiger charge is -2.21. The van der Waals surface area contributed by atoms with Crippen molar-refractivity contribution in [3.8, 4) is 0 Å². The highest BCUT2D eigenvalue weighted by Crippen LogP contribution is 2.45. The largest absolute Gasteiger partial charge is 0.472 e. The van der Waals surface area contributed by atoms with Crippen LogP contribution >= 0.6 is 15.6 Å². The van der Waals surface area contributed by atoms with Crippen molar-refractivity contribution in [3.63, 3.8) is 0 Å². The van der Waals surface area contributed by atoms with Crippen molar-refractivity contribution in [2.45, 2.75) is 394 Å². The molecule has 0 saturated heterocycles. The third kappa shape index (κ3) is 66.7. The lowest BCUT2D eigenvalue weighted by molar-refractivity contribution is -0.161. The number of phosphoric ester groups is 2. The smallest absolute Gasteiger partial charge is 0.462 e. The minimum absolute atomic E-state index is 0.105. The van der Waals surface area contributed by atoms with E-state index in [2.05, 4.69) is 41.5 Å². The second-order valence-corrected chi connectivity index (χ2v) is 30.2. The number of carbonyl (C=O) groups excluding carboxylic acids is 4. The van der Waals surface area contributed by atoms with Gasteiger partial charge in [-0.25, -0.2) is 9.13 Å². The summed E-state index contributed by atoms with van der Waals surface area (Å²) in [6.45, 7) is 9.51. The molecule has 17 nitrogen and oxygen atoms in total. The molecule has 0 radical (unpaired) electrons. The van der Waals surface area contributed by atoms with Crippen LogP contribution in [0.3, 0.4) is 0 Å². The molecule has 0 saturated carbocycles. The monoisotopic (exact) mass is 1350 g/mol. The Labute approximate surface area is 562 Å². The lowest BCUT2D eigenvalue weighted by Crippen LogP contribution is -2.30. The minimum Gasteiger partial charge on any atom is -0.462 e. The van der Waals surface area contributed by atoms with Gasteiger partial charge in [0, 0.05) is 25.7 Å². The van der Waals surface area contributed by atoms with Gasteiger partial charge in [-0.3, -0.25) is 37.3 Å². The number of rotatable bonds is 72. The first-order valence-corrected chi connectivity index (χ1v) is 41.0. The standard InChI is InChI=1S/C73H142O17P2/c1-7-9-11-13-15-17-19-29-33-36-43-49-55-70(75)83-61-68(89-73(78)58-52-46-38-34-30-27-25-23-21-20-22-24-26-28-31-35-41-47-53-65(3)4)63-87-91(79,80)85-59-67(74)60-86-92(81,82)88-64-69(62-84-71(76)56-50-44-40-39-42-48-54-66(5)6)90-72(77)57-51-45-37-32-18-16-14-12-10-8-2/h65-69,74H,7-64H2,1-6H3,(H,79,80)(H,81,82)/t67-,68-,69-/m1/s1. The molecule has 546 valence electrons. The van der Waals surface area contributed by atoms with Crippen molar-refractivity contribution >= 4 is 39.5 Å². The zero-order chi connectivity index (χ0) is 67.9. The molecule has 3 N–H and O–H groups in total. The molecular weight excluding hydrogens is 1210 g/mol. The molecule has 92 heavy (non-hydrogen) atoms. The number of esters is 4. The highest BCUT2D eigenvalue weighted by atomic mass is 31.2. The highest BCUT2D eigenvalue weighted by Gasteiger charge is 2.30. The van der Waals surface area contributed by atoms with Crippen molar-refractivity contribution < 1.29 is 80.2 Å². The molecule has 19 heteroatoms. The average molecular weight is 1350 g/mol. The molecule has 0 aromatic heterocycles. The molecule has 0 fully saturated rings. The number of ether oxygens (including phenoxy) is 4. The van der Waals surface area contributed by atoms with E-state index >= 15 is 0 Å². The van der Waals surface area contributed by atoms with E-state index in [0.717, 1.165) is 102 Å². The number of aliphatic hydroxyl groups excluding tert-OH is 1. The molecule has 0 aromatic carbocycles. The van der Waals surface area contributed by atoms with Crippen LogP contribution in [0.4, 0.5) is 0 Å². The van der Waals surface area contributed by atoms with Crippen LogP contribution in [0, 0.1) is 11.8 Å². The lowest BCUT2D eigenvalue weighted by atomic mass is 10.0. The predicted molar refractivity (Wildman–Crippen MR) is 372 cm³/mol. The molecule has 2 unspecified atom stereocenters. The number of phosphoric acid groups is 2. The molecule has 5 atom stereocenters. The van der Waals surface area contributed by atoms with E-state index in [1.807, 2.05) is 0 Å². The minimum atomic E-state index is -4.95. The molecule has 0 amide bonds. The summed E-state index contributed by atoms with van der Waals surface area (Å²) in [5.41, 5.74) is 0. The second-order valence-electron chi connectivity index (χ2n) is 27.3. The summed E-state index contributed by atoms with van der Waals surface area (Å²) in [5, 5.41) is 10.6. The normalized spacial score (nSPS) is 14.1. The van der Waals surface area contributed by atoms with Crippen LogP contribution in [0.2, 0.25) is 0 Å². The van der Waals surface area contributed by atoms with Gasteiger partial charge in [0.25, 0.3) is 0 Å². The van der Waals surface area contributed by atoms with Crippen molar-refractivity contribution in [1.82, 2.24) is 0 Å². The van der Waals surface area contributed by atoms with Gasteiger partial charge in [-0.1, -0.05) is 324 Å². The van der Waals surface area contributed by atoms with Gasteiger partial charge in [0.2, 0.25) is 0 Å². The van der Waals surface area contributed by atoms with Crippen molar-refractivity contribution in [2.24, 2.45) is 11.8 Å². The van der Waals surface area contributed by atoms with Crippen LogP contribution in [-0.2, 0) is 65.4 Å². The molecule has 0 bridgehead atoms. The number of hydrogen-bond donors (Lipinski definition) is 3. The maximum Gasteiger partial charge on any atom is 0.472 e. The van der Waals surface area contributed by atoms with E-state index in [4.69, 9.17) is 37.0 Å². The molecule has 0 aliphatic rings. The first-order chi connectivity index (χ1) is 44.4. The van der Waals surface area contributed by atoms with Crippen LogP contribution in [0.5, 0.6) is 0 Å². The van der Waals surface area contributed by atoms with Crippen molar-refractivity contribution in [3.05, 3.63) is 0 Å². The summed E-state index contributed by atoms with van der Waals surface area (Å²) in [5.74, 6) is -0.622. The molecule has 0 aliphatic carbocycles. The summed E-state index contributed by atoms with van der Waals surface area (Å²) in [4.78, 5) is 72.5. The van der Waals surface area contributed by atoms with Gasteiger partial charge >= 0.3 is 39.5 Å². The summed E-state index contributed by atoms with van der Waals surface area (Å²) in [6, 6.07) is 0. The van der Waals surface area contributed by atoms with Gasteiger partial charge in [0.1, 0.15) is 19.3 Å². The number of carbonyl (C=O) groups is 4. The van der Waals surface area contributed by atoms with Crippen LogP contribution in [0.25, 0.3) is 0 Å². The van der Waals surface area contributed by atoms with E-state index in [1.165, 1.54) is 186 Å². The maximum atomic E-state index is 13.0. The fourth-order valence-corrected chi connectivity index (χ4v) is 12.7. The van der Waals surface area contributed by atoms with E-state index in [9.17, 15) is 43.2 Å². The molecule has 0 aromatic rings. The average Bonchev–Trinajstić information content (AvgIpc) is 1.75. The first kappa shape index (κ1) is 90.1. The predicted octanol–water partition coefficient (Wildman–Crippen LogP) is 21.2. The Kier molecular flexibility index (Phi) is 63.7. The molecule has 0 heterocycles. The Morgan fingerprint density at radius 1 is 0.293 bits per heavy atom. The molecule has 0 aliphatic heterocycles. The van der Waals surface area contributed by atoms with E-state index in [-0.39, 0.29) is 25.7 Å². The van der Waals surface area contributed by atoms with E-state index in [1.54, 1.807) is 0 Å². The Morgan fingerprint density at radius 2 is 0.500 bits per heavy atom. The fraction of sp³-hybridized carbons (Fsp3) is 0.945. The van der Waals surface area contributed by atoms with Crippen LogP contribution < -0.4 is 0 Å². The van der Waals surface area contributed by atoms with Gasteiger partial charge in [-0.05, 0) is 37.5 Å². The Morgan fingerprint density at radius 3 is 0.739 bits per heavy atom. The summed E-state index contributed by atoms with van der Waals surface area (Å²) >= 11 is 0. The van der Waals surface area contributed by atoms with Crippen molar-refractivity contribution in [2.75, 3.05) is 39.6 Å². The summed E-state index contributed by atoms with van der Waals surface area (Å²) < 4.78 is 68.3. The summed E-state index contributed by atoms with van der Waals surface area (Å²) in [7, 11) is -9.90. The van der Waals surface area contributed by atoms with Gasteiger partial charge in [-0.15, -0.1) is 0 Å². The zero-order valence-corrected chi connectivity index (χ0v) is 61.6. The zero-order valence-electron chi connectivity index (χ0n) is 59.9. The van der Waals surface area contributed by atoms with Gasteiger partial charge in [0.15, 0.2) is 12.2 Å². The number of unbranched alkanes of at least 4 members (excludes halogenated alkanes) is 42. The molecule has 0 spiro atoms. The number of hydrogen-bond acceptors (Lipinski definition) is 15. The quantitative estimate of drug-likeness (QED) is 0.0222. The fourth-order valence-electron chi connectivity index (χ4n) is 11.1. The molecule has 0 rings (SSSR count). The second kappa shape index (κ2) is 65.0. The first-order valence-electron chi connectivity index (χ1n) is 38.0. The topological polar surface area (TPSA) is 237 Å². The Balaban J connectivity index is 5.16.